The van der Waals surface area contributed by atoms with Crippen LogP contribution in [-0.4, -0.2) is 59.5 Å². The molecule has 0 radical (unpaired) electrons. The first-order chi connectivity index (χ1) is 14.7. The van der Waals surface area contributed by atoms with Gasteiger partial charge in [-0.1, -0.05) is 6.92 Å². The van der Waals surface area contributed by atoms with E-state index in [1.165, 1.54) is 28.7 Å². The third-order valence-corrected chi connectivity index (χ3v) is 8.50. The molecule has 5 rings (SSSR count). The standard InChI is InChI=1S/C24H34N2O3S/c1-2-18(27)15-16-3-8-21-22(16)23-20(9-10-25-24(23)30-21)29-19-6-4-17(5-7-19)26-11-13-28-14-12-26/h9-10,16-19,27H,2-8,11-15H2,1H3/t16-,17-,18+,19-/m1/s1. The smallest absolute Gasteiger partial charge is 0.131 e. The molecule has 1 saturated heterocycles. The molecule has 2 aromatic heterocycles. The van der Waals surface area contributed by atoms with Crippen molar-refractivity contribution in [3.05, 3.63) is 22.7 Å². The lowest BCUT2D eigenvalue weighted by molar-refractivity contribution is -0.000920. The van der Waals surface area contributed by atoms with Gasteiger partial charge in [-0.05, 0) is 68.9 Å². The summed E-state index contributed by atoms with van der Waals surface area (Å²) in [6.07, 6.45) is 10.6. The van der Waals surface area contributed by atoms with Crippen LogP contribution >= 0.6 is 11.3 Å². The summed E-state index contributed by atoms with van der Waals surface area (Å²) in [5, 5.41) is 11.5. The van der Waals surface area contributed by atoms with Crippen LogP contribution in [-0.2, 0) is 11.2 Å². The zero-order chi connectivity index (χ0) is 20.5. The summed E-state index contributed by atoms with van der Waals surface area (Å²) in [4.78, 5) is 9.84. The normalized spacial score (nSPS) is 28.5. The molecule has 3 aliphatic rings. The van der Waals surface area contributed by atoms with E-state index in [0.29, 0.717) is 18.1 Å². The Kier molecular flexibility index (Phi) is 6.28. The highest BCUT2D eigenvalue weighted by Gasteiger charge is 2.32. The highest BCUT2D eigenvalue weighted by atomic mass is 32.1. The Labute approximate surface area is 183 Å². The topological polar surface area (TPSA) is 54.8 Å². The predicted molar refractivity (Wildman–Crippen MR) is 121 cm³/mol. The number of pyridine rings is 1. The quantitative estimate of drug-likeness (QED) is 0.731. The van der Waals surface area contributed by atoms with Crippen LogP contribution in [0.25, 0.3) is 10.2 Å². The van der Waals surface area contributed by atoms with Gasteiger partial charge in [0.25, 0.3) is 0 Å². The van der Waals surface area contributed by atoms with Crippen LogP contribution in [0.5, 0.6) is 5.75 Å². The molecule has 164 valence electrons. The number of rotatable bonds is 6. The van der Waals surface area contributed by atoms with Gasteiger partial charge < -0.3 is 14.6 Å². The minimum atomic E-state index is -0.215. The molecule has 1 saturated carbocycles. The van der Waals surface area contributed by atoms with Gasteiger partial charge in [0, 0.05) is 30.2 Å². The van der Waals surface area contributed by atoms with Gasteiger partial charge in [0.15, 0.2) is 0 Å². The second-order valence-corrected chi connectivity index (χ2v) is 10.2. The number of morpholine rings is 1. The van der Waals surface area contributed by atoms with Crippen molar-refractivity contribution in [1.82, 2.24) is 9.88 Å². The van der Waals surface area contributed by atoms with Gasteiger partial charge >= 0.3 is 0 Å². The molecular formula is C24H34N2O3S. The van der Waals surface area contributed by atoms with E-state index >= 15 is 0 Å². The number of aromatic nitrogens is 1. The summed E-state index contributed by atoms with van der Waals surface area (Å²) in [6.45, 7) is 5.97. The van der Waals surface area contributed by atoms with Crippen LogP contribution in [0.2, 0.25) is 0 Å². The Morgan fingerprint density at radius 2 is 2.03 bits per heavy atom. The van der Waals surface area contributed by atoms with E-state index in [2.05, 4.69) is 22.9 Å². The molecule has 0 aromatic carbocycles. The molecule has 2 atom stereocenters. The van der Waals surface area contributed by atoms with Crippen molar-refractivity contribution in [2.45, 2.75) is 82.5 Å². The van der Waals surface area contributed by atoms with Crippen molar-refractivity contribution in [2.75, 3.05) is 26.3 Å². The van der Waals surface area contributed by atoms with E-state index in [9.17, 15) is 5.11 Å². The molecule has 5 nitrogen and oxygen atoms in total. The highest BCUT2D eigenvalue weighted by Crippen LogP contribution is 2.48. The molecule has 2 fully saturated rings. The molecule has 0 amide bonds. The molecule has 30 heavy (non-hydrogen) atoms. The zero-order valence-corrected chi connectivity index (χ0v) is 18.8. The van der Waals surface area contributed by atoms with E-state index in [0.717, 1.165) is 75.4 Å². The van der Waals surface area contributed by atoms with Crippen LogP contribution in [0.1, 0.15) is 68.2 Å². The molecule has 0 bridgehead atoms. The van der Waals surface area contributed by atoms with Gasteiger partial charge in [0.05, 0.1) is 30.8 Å². The molecule has 0 spiro atoms. The summed E-state index contributed by atoms with van der Waals surface area (Å²) in [6, 6.07) is 2.76. The SMILES string of the molecule is CC[C@H](O)C[C@H]1CCc2sc3nccc(O[C@H]4CC[C@H](N5CCOCC5)CC4)c3c21. The summed E-state index contributed by atoms with van der Waals surface area (Å²) >= 11 is 1.83. The molecule has 6 heteroatoms. The minimum Gasteiger partial charge on any atom is -0.490 e. The third-order valence-electron chi connectivity index (χ3n) is 7.32. The number of hydrogen-bond acceptors (Lipinski definition) is 6. The van der Waals surface area contributed by atoms with Gasteiger partial charge in [0.1, 0.15) is 10.6 Å². The van der Waals surface area contributed by atoms with Crippen LogP contribution in [0.4, 0.5) is 0 Å². The van der Waals surface area contributed by atoms with Gasteiger partial charge in [-0.15, -0.1) is 11.3 Å². The van der Waals surface area contributed by atoms with Gasteiger partial charge in [-0.25, -0.2) is 4.98 Å². The Balaban J connectivity index is 1.31. The Hall–Kier alpha value is -1.21. The zero-order valence-electron chi connectivity index (χ0n) is 18.0. The minimum absolute atomic E-state index is 0.215. The van der Waals surface area contributed by atoms with Crippen molar-refractivity contribution in [3.63, 3.8) is 0 Å². The molecule has 2 aromatic rings. The van der Waals surface area contributed by atoms with Crippen LogP contribution in [0, 0.1) is 0 Å². The van der Waals surface area contributed by atoms with Crippen LogP contribution in [0.3, 0.4) is 0 Å². The second-order valence-electron chi connectivity index (χ2n) is 9.16. The fraction of sp³-hybridized carbons (Fsp3) is 0.708. The molecule has 1 N–H and O–H groups in total. The van der Waals surface area contributed by atoms with Crippen molar-refractivity contribution >= 4 is 21.6 Å². The second kappa shape index (κ2) is 9.11. The summed E-state index contributed by atoms with van der Waals surface area (Å²) in [7, 11) is 0. The number of hydrogen-bond donors (Lipinski definition) is 1. The fourth-order valence-corrected chi connectivity index (χ4v) is 6.87. The lowest BCUT2D eigenvalue weighted by Gasteiger charge is -2.38. The van der Waals surface area contributed by atoms with Gasteiger partial charge in [-0.3, -0.25) is 4.90 Å². The van der Waals surface area contributed by atoms with Crippen LogP contribution in [0.15, 0.2) is 12.3 Å². The van der Waals surface area contributed by atoms with Crippen molar-refractivity contribution in [2.24, 2.45) is 0 Å². The lowest BCUT2D eigenvalue weighted by Crippen LogP contribution is -2.46. The Morgan fingerprint density at radius 3 is 2.80 bits per heavy atom. The average Bonchev–Trinajstić information content (AvgIpc) is 3.35. The summed E-state index contributed by atoms with van der Waals surface area (Å²) in [5.41, 5.74) is 1.42. The molecule has 2 aliphatic carbocycles. The van der Waals surface area contributed by atoms with E-state index in [1.807, 2.05) is 17.5 Å². The monoisotopic (exact) mass is 430 g/mol. The number of nitrogens with zero attached hydrogens (tertiary/aromatic N) is 2. The number of aryl methyl sites for hydroxylation is 1. The van der Waals surface area contributed by atoms with E-state index in [-0.39, 0.29) is 6.10 Å². The maximum Gasteiger partial charge on any atom is 0.131 e. The number of thiophene rings is 1. The predicted octanol–water partition coefficient (Wildman–Crippen LogP) is 4.51. The number of fused-ring (bicyclic) bond motifs is 3. The largest absolute Gasteiger partial charge is 0.490 e. The number of ether oxygens (including phenoxy) is 2. The van der Waals surface area contributed by atoms with Gasteiger partial charge in [0.2, 0.25) is 0 Å². The molecular weight excluding hydrogens is 396 g/mol. The summed E-state index contributed by atoms with van der Waals surface area (Å²) < 4.78 is 12.1. The maximum atomic E-state index is 10.3. The maximum absolute atomic E-state index is 10.3. The molecule has 0 unspecified atom stereocenters. The van der Waals surface area contributed by atoms with Gasteiger partial charge in [-0.2, -0.15) is 0 Å². The van der Waals surface area contributed by atoms with Crippen molar-refractivity contribution in [1.29, 1.82) is 0 Å². The first kappa shape index (κ1) is 20.7. The fourth-order valence-electron chi connectivity index (χ4n) is 5.61. The summed E-state index contributed by atoms with van der Waals surface area (Å²) in [5.74, 6) is 1.46. The Bertz CT molecular complexity index is 855. The van der Waals surface area contributed by atoms with Crippen molar-refractivity contribution in [3.8, 4) is 5.75 Å². The van der Waals surface area contributed by atoms with E-state index in [4.69, 9.17) is 9.47 Å². The molecule has 3 heterocycles. The highest BCUT2D eigenvalue weighted by molar-refractivity contribution is 7.19. The number of aliphatic hydroxyl groups is 1. The first-order valence-electron chi connectivity index (χ1n) is 11.8. The van der Waals surface area contributed by atoms with E-state index < -0.39 is 0 Å². The van der Waals surface area contributed by atoms with E-state index in [1.54, 1.807) is 0 Å². The number of aliphatic hydroxyl groups excluding tert-OH is 1. The Morgan fingerprint density at radius 1 is 1.23 bits per heavy atom. The third kappa shape index (κ3) is 4.12. The van der Waals surface area contributed by atoms with Crippen molar-refractivity contribution < 1.29 is 14.6 Å². The average molecular weight is 431 g/mol. The van der Waals surface area contributed by atoms with Crippen LogP contribution < -0.4 is 4.74 Å². The first-order valence-corrected chi connectivity index (χ1v) is 12.6. The lowest BCUT2D eigenvalue weighted by atomic mass is 9.91. The molecule has 1 aliphatic heterocycles.